The van der Waals surface area contributed by atoms with Gasteiger partial charge in [0.25, 0.3) is 5.91 Å². The molecule has 0 radical (unpaired) electrons. The zero-order valence-corrected chi connectivity index (χ0v) is 14.2. The first-order chi connectivity index (χ1) is 11.5. The fourth-order valence-electron chi connectivity index (χ4n) is 2.13. The summed E-state index contributed by atoms with van der Waals surface area (Å²) in [7, 11) is 0. The Bertz CT molecular complexity index is 826. The molecule has 0 bridgehead atoms. The minimum atomic E-state index is -4.95. The van der Waals surface area contributed by atoms with Crippen molar-refractivity contribution in [1.82, 2.24) is 10.3 Å². The second kappa shape index (κ2) is 6.95. The van der Waals surface area contributed by atoms with Crippen molar-refractivity contribution in [2.45, 2.75) is 19.1 Å². The number of nitrogens with two attached hydrogens (primary N) is 1. The first-order valence-corrected chi connectivity index (χ1v) is 7.58. The largest absolute Gasteiger partial charge is 0.419 e. The van der Waals surface area contributed by atoms with Gasteiger partial charge in [0, 0.05) is 21.9 Å². The second-order valence-corrected chi connectivity index (χ2v) is 6.07. The topological polar surface area (TPSA) is 68.0 Å². The molecular formula is C15H11BrF5N3O. The molecule has 4 nitrogen and oxygen atoms in total. The third kappa shape index (κ3) is 4.25. The van der Waals surface area contributed by atoms with Crippen molar-refractivity contribution in [2.24, 2.45) is 0 Å². The summed E-state index contributed by atoms with van der Waals surface area (Å²) in [5.74, 6) is -3.59. The summed E-state index contributed by atoms with van der Waals surface area (Å²) in [4.78, 5) is 15.4. The van der Waals surface area contributed by atoms with E-state index >= 15 is 0 Å². The van der Waals surface area contributed by atoms with Crippen LogP contribution in [0.4, 0.5) is 27.6 Å². The van der Waals surface area contributed by atoms with E-state index in [0.29, 0.717) is 10.5 Å². The number of nitrogen functional groups attached to an aromatic ring is 1. The van der Waals surface area contributed by atoms with Gasteiger partial charge in [-0.2, -0.15) is 17.6 Å². The van der Waals surface area contributed by atoms with Crippen molar-refractivity contribution in [3.8, 4) is 0 Å². The Morgan fingerprint density at radius 2 is 1.92 bits per heavy atom. The van der Waals surface area contributed by atoms with Gasteiger partial charge >= 0.3 is 6.18 Å². The van der Waals surface area contributed by atoms with Crippen LogP contribution >= 0.6 is 15.9 Å². The molecule has 10 heteroatoms. The number of hydrogen-bond acceptors (Lipinski definition) is 3. The number of anilines is 1. The zero-order chi connectivity index (χ0) is 18.9. The maximum Gasteiger partial charge on any atom is 0.419 e. The Labute approximate surface area is 147 Å². The number of aromatic nitrogens is 1. The molecule has 1 heterocycles. The highest BCUT2D eigenvalue weighted by Crippen LogP contribution is 2.35. The minimum absolute atomic E-state index is 0.319. The summed E-state index contributed by atoms with van der Waals surface area (Å²) in [6.07, 6.45) is -3.82. The summed E-state index contributed by atoms with van der Waals surface area (Å²) < 4.78 is 66.6. The van der Waals surface area contributed by atoms with Crippen molar-refractivity contribution in [3.63, 3.8) is 0 Å². The lowest BCUT2D eigenvalue weighted by molar-refractivity contribution is -0.140. The van der Waals surface area contributed by atoms with Crippen LogP contribution in [0.25, 0.3) is 0 Å². The molecule has 1 amide bonds. The summed E-state index contributed by atoms with van der Waals surface area (Å²) in [5.41, 5.74) is 2.62. The van der Waals surface area contributed by atoms with Crippen LogP contribution < -0.4 is 11.1 Å². The number of nitrogens with one attached hydrogen (secondary N) is 1. The molecular weight excluding hydrogens is 413 g/mol. The van der Waals surface area contributed by atoms with E-state index < -0.39 is 46.6 Å². The van der Waals surface area contributed by atoms with Gasteiger partial charge in [-0.3, -0.25) is 4.79 Å². The van der Waals surface area contributed by atoms with Crippen LogP contribution in [-0.2, 0) is 6.18 Å². The van der Waals surface area contributed by atoms with Crippen molar-refractivity contribution < 1.29 is 26.7 Å². The van der Waals surface area contributed by atoms with Gasteiger partial charge in [0.15, 0.2) is 0 Å². The predicted octanol–water partition coefficient (Wildman–Crippen LogP) is 4.21. The number of carbonyl (C=O) groups excluding carboxylic acids is 1. The smallest absolute Gasteiger partial charge is 0.399 e. The molecule has 0 unspecified atom stereocenters. The summed E-state index contributed by atoms with van der Waals surface area (Å²) in [6, 6.07) is 1.38. The number of hydrogen-bond donors (Lipinski definition) is 2. The zero-order valence-electron chi connectivity index (χ0n) is 12.6. The molecule has 134 valence electrons. The fraction of sp³-hybridized carbons (Fsp3) is 0.200. The second-order valence-electron chi connectivity index (χ2n) is 5.16. The van der Waals surface area contributed by atoms with Crippen LogP contribution in [0.2, 0.25) is 0 Å². The number of amides is 1. The summed E-state index contributed by atoms with van der Waals surface area (Å²) >= 11 is 3.02. The fourth-order valence-corrected chi connectivity index (χ4v) is 2.46. The molecule has 0 saturated heterocycles. The minimum Gasteiger partial charge on any atom is -0.399 e. The molecule has 0 fully saturated rings. The highest BCUT2D eigenvalue weighted by molar-refractivity contribution is 9.10. The number of carbonyl (C=O) groups is 1. The number of benzene rings is 1. The van der Waals surface area contributed by atoms with E-state index in [9.17, 15) is 26.7 Å². The highest BCUT2D eigenvalue weighted by Gasteiger charge is 2.36. The Hall–Kier alpha value is -2.23. The van der Waals surface area contributed by atoms with Gasteiger partial charge in [-0.1, -0.05) is 0 Å². The molecule has 0 aliphatic heterocycles. The first kappa shape index (κ1) is 19.1. The van der Waals surface area contributed by atoms with Crippen LogP contribution in [0.1, 0.15) is 34.5 Å². The molecule has 0 aliphatic carbocycles. The molecule has 1 aromatic carbocycles. The number of nitrogens with zero attached hydrogens (tertiary/aromatic N) is 1. The molecule has 2 rings (SSSR count). The summed E-state index contributed by atoms with van der Waals surface area (Å²) in [5, 5.41) is 2.22. The Morgan fingerprint density at radius 3 is 2.52 bits per heavy atom. The van der Waals surface area contributed by atoms with Crippen molar-refractivity contribution >= 4 is 27.5 Å². The van der Waals surface area contributed by atoms with Crippen LogP contribution in [0.3, 0.4) is 0 Å². The Morgan fingerprint density at radius 1 is 1.28 bits per heavy atom. The van der Waals surface area contributed by atoms with Crippen molar-refractivity contribution in [2.75, 3.05) is 5.73 Å². The molecule has 2 aromatic rings. The van der Waals surface area contributed by atoms with E-state index in [-0.39, 0.29) is 5.69 Å². The van der Waals surface area contributed by atoms with E-state index in [1.807, 2.05) is 0 Å². The van der Waals surface area contributed by atoms with E-state index in [1.54, 1.807) is 0 Å². The van der Waals surface area contributed by atoms with Crippen LogP contribution in [0.5, 0.6) is 0 Å². The van der Waals surface area contributed by atoms with Gasteiger partial charge in [0.1, 0.15) is 5.82 Å². The molecule has 0 aliphatic rings. The normalized spacial score (nSPS) is 12.8. The van der Waals surface area contributed by atoms with Crippen molar-refractivity contribution in [1.29, 1.82) is 0 Å². The lowest BCUT2D eigenvalue weighted by atomic mass is 10.0. The molecule has 0 spiro atoms. The highest BCUT2D eigenvalue weighted by atomic mass is 79.9. The van der Waals surface area contributed by atoms with E-state index in [2.05, 4.69) is 26.2 Å². The molecule has 0 saturated carbocycles. The van der Waals surface area contributed by atoms with Crippen LogP contribution in [0, 0.1) is 11.8 Å². The SMILES string of the molecule is C[C@@H](NC(=O)c1cc(Br)cnc1F)c1cc(N)cc(C(F)(F)F)c1F. The molecule has 1 atom stereocenters. The molecule has 3 N–H and O–H groups in total. The van der Waals surface area contributed by atoms with Gasteiger partial charge < -0.3 is 11.1 Å². The number of pyridine rings is 1. The predicted molar refractivity (Wildman–Crippen MR) is 83.6 cm³/mol. The molecule has 25 heavy (non-hydrogen) atoms. The lowest BCUT2D eigenvalue weighted by Gasteiger charge is -2.19. The number of alkyl halides is 3. The third-order valence-electron chi connectivity index (χ3n) is 3.29. The van der Waals surface area contributed by atoms with E-state index in [0.717, 1.165) is 18.3 Å². The number of rotatable bonds is 3. The Kier molecular flexibility index (Phi) is 5.31. The monoisotopic (exact) mass is 423 g/mol. The first-order valence-electron chi connectivity index (χ1n) is 6.78. The van der Waals surface area contributed by atoms with Gasteiger partial charge in [-0.25, -0.2) is 9.37 Å². The standard InChI is InChI=1S/C15H11BrF5N3O/c1-6(24-14(25)10-2-7(16)5-23-13(10)18)9-3-8(22)4-11(12(9)17)15(19,20)21/h2-6H,22H2,1H3,(H,24,25)/t6-/m1/s1. The van der Waals surface area contributed by atoms with Gasteiger partial charge in [0.05, 0.1) is 17.2 Å². The van der Waals surface area contributed by atoms with Gasteiger partial charge in [-0.15, -0.1) is 0 Å². The van der Waals surface area contributed by atoms with E-state index in [1.165, 1.54) is 6.92 Å². The quantitative estimate of drug-likeness (QED) is 0.441. The Balaban J connectivity index is 2.35. The number of halogens is 6. The molecule has 1 aromatic heterocycles. The van der Waals surface area contributed by atoms with E-state index in [4.69, 9.17) is 5.73 Å². The average Bonchev–Trinajstić information content (AvgIpc) is 2.50. The van der Waals surface area contributed by atoms with Crippen LogP contribution in [-0.4, -0.2) is 10.9 Å². The van der Waals surface area contributed by atoms with Crippen LogP contribution in [0.15, 0.2) is 28.9 Å². The maximum atomic E-state index is 14.2. The third-order valence-corrected chi connectivity index (χ3v) is 3.73. The summed E-state index contributed by atoms with van der Waals surface area (Å²) in [6.45, 7) is 1.25. The van der Waals surface area contributed by atoms with Crippen molar-refractivity contribution in [3.05, 3.63) is 57.3 Å². The lowest BCUT2D eigenvalue weighted by Crippen LogP contribution is -2.29. The average molecular weight is 424 g/mol. The van der Waals surface area contributed by atoms with Gasteiger partial charge in [-0.05, 0) is 41.1 Å². The van der Waals surface area contributed by atoms with Gasteiger partial charge in [0.2, 0.25) is 5.95 Å². The maximum absolute atomic E-state index is 14.2.